The lowest BCUT2D eigenvalue weighted by Gasteiger charge is -2.19. The van der Waals surface area contributed by atoms with Crippen molar-refractivity contribution in [2.45, 2.75) is 26.9 Å². The number of rotatable bonds is 8. The molecular weight excluding hydrogens is 335 g/mol. The fraction of sp³-hybridized carbons (Fsp3) is 0.389. The maximum absolute atomic E-state index is 13.0. The van der Waals surface area contributed by atoms with Crippen LogP contribution < -0.4 is 0 Å². The van der Waals surface area contributed by atoms with Gasteiger partial charge < -0.3 is 14.7 Å². The van der Waals surface area contributed by atoms with Crippen LogP contribution in [0.5, 0.6) is 0 Å². The van der Waals surface area contributed by atoms with E-state index in [1.165, 1.54) is 18.3 Å². The third-order valence-electron chi connectivity index (χ3n) is 3.51. The van der Waals surface area contributed by atoms with Gasteiger partial charge in [0.25, 0.3) is 0 Å². The van der Waals surface area contributed by atoms with E-state index in [2.05, 4.69) is 0 Å². The maximum Gasteiger partial charge on any atom is 0.416 e. The summed E-state index contributed by atoms with van der Waals surface area (Å²) >= 11 is 0. The van der Waals surface area contributed by atoms with Gasteiger partial charge in [0.05, 0.1) is 12.2 Å². The molecule has 0 bridgehead atoms. The molecule has 0 aliphatic rings. The summed E-state index contributed by atoms with van der Waals surface area (Å²) in [6.45, 7) is 6.63. The lowest BCUT2D eigenvalue weighted by Crippen LogP contribution is -2.19. The van der Waals surface area contributed by atoms with E-state index < -0.39 is 17.5 Å². The number of allylic oxidation sites excluding steroid dienone is 1. The van der Waals surface area contributed by atoms with Gasteiger partial charge in [0.15, 0.2) is 0 Å². The first-order chi connectivity index (χ1) is 11.8. The summed E-state index contributed by atoms with van der Waals surface area (Å²) < 4.78 is 44.0. The Kier molecular flexibility index (Phi) is 7.54. The smallest absolute Gasteiger partial charge is 0.416 e. The Hall–Kier alpha value is -2.44. The lowest BCUT2D eigenvalue weighted by molar-refractivity contribution is -0.137. The number of alkyl halides is 3. The number of nitrogens with zero attached hydrogens (tertiary/aromatic N) is 1. The van der Waals surface area contributed by atoms with E-state index in [0.717, 1.165) is 12.1 Å². The minimum Gasteiger partial charge on any atom is -0.512 e. The summed E-state index contributed by atoms with van der Waals surface area (Å²) in [5, 5.41) is 9.23. The normalized spacial score (nSPS) is 12.9. The minimum atomic E-state index is -4.52. The molecule has 0 aliphatic heterocycles. The Bertz CT molecular complexity index is 647. The fourth-order valence-corrected chi connectivity index (χ4v) is 2.17. The summed E-state index contributed by atoms with van der Waals surface area (Å²) in [6.07, 6.45) is -2.51. The zero-order valence-corrected chi connectivity index (χ0v) is 14.4. The summed E-state index contributed by atoms with van der Waals surface area (Å²) in [6, 6.07) is 4.51. The van der Waals surface area contributed by atoms with Gasteiger partial charge in [-0.15, -0.1) is 0 Å². The Balaban J connectivity index is 3.45. The predicted octanol–water partition coefficient (Wildman–Crippen LogP) is 4.39. The number of ether oxygens (including phenoxy) is 1. The van der Waals surface area contributed by atoms with Crippen molar-refractivity contribution in [3.05, 3.63) is 53.6 Å². The maximum atomic E-state index is 13.0. The molecule has 0 heterocycles. The number of hydrogen-bond donors (Lipinski definition) is 1. The van der Waals surface area contributed by atoms with E-state index in [1.54, 1.807) is 11.8 Å². The summed E-state index contributed by atoms with van der Waals surface area (Å²) in [7, 11) is 0. The molecule has 0 aromatic heterocycles. The minimum absolute atomic E-state index is 0.0172. The highest BCUT2D eigenvalue weighted by molar-refractivity contribution is 6.27. The number of Topliss-reactive ketones (excluding diaryl/α,β-unsaturated/α-hetero) is 1. The SMILES string of the molecule is CCOC(=CO)C(=O)C(=CN(CC)CC)c1cccc(C(F)(F)F)c1. The summed E-state index contributed by atoms with van der Waals surface area (Å²) in [4.78, 5) is 14.4. The van der Waals surface area contributed by atoms with Crippen molar-refractivity contribution < 1.29 is 27.8 Å². The molecular formula is C18H22F3NO3. The van der Waals surface area contributed by atoms with Crippen LogP contribution >= 0.6 is 0 Å². The Morgan fingerprint density at radius 2 is 1.88 bits per heavy atom. The van der Waals surface area contributed by atoms with Crippen molar-refractivity contribution in [3.8, 4) is 0 Å². The highest BCUT2D eigenvalue weighted by Gasteiger charge is 2.31. The number of halogens is 3. The van der Waals surface area contributed by atoms with Crippen LogP contribution in [0.4, 0.5) is 13.2 Å². The standard InChI is InChI=1S/C18H22F3NO3/c1-4-22(5-2)11-15(17(24)16(12-23)25-6-3)13-8-7-9-14(10-13)18(19,20)21/h7-12,23H,4-6H2,1-3H3. The molecule has 1 N–H and O–H groups in total. The van der Waals surface area contributed by atoms with E-state index >= 15 is 0 Å². The van der Waals surface area contributed by atoms with Crippen molar-refractivity contribution in [2.75, 3.05) is 19.7 Å². The highest BCUT2D eigenvalue weighted by Crippen LogP contribution is 2.31. The van der Waals surface area contributed by atoms with E-state index in [1.807, 2.05) is 13.8 Å². The van der Waals surface area contributed by atoms with Crippen molar-refractivity contribution in [1.29, 1.82) is 0 Å². The van der Waals surface area contributed by atoms with Gasteiger partial charge in [-0.2, -0.15) is 13.2 Å². The Morgan fingerprint density at radius 3 is 2.36 bits per heavy atom. The first-order valence-electron chi connectivity index (χ1n) is 7.93. The van der Waals surface area contributed by atoms with E-state index in [0.29, 0.717) is 19.4 Å². The molecule has 0 saturated carbocycles. The fourth-order valence-electron chi connectivity index (χ4n) is 2.17. The van der Waals surface area contributed by atoms with Crippen molar-refractivity contribution in [1.82, 2.24) is 4.90 Å². The van der Waals surface area contributed by atoms with Crippen LogP contribution in [-0.4, -0.2) is 35.5 Å². The van der Waals surface area contributed by atoms with Gasteiger partial charge in [0.1, 0.15) is 6.26 Å². The molecule has 0 aliphatic carbocycles. The third kappa shape index (κ3) is 5.55. The lowest BCUT2D eigenvalue weighted by atomic mass is 9.99. The molecule has 0 spiro atoms. The Labute approximate surface area is 145 Å². The Morgan fingerprint density at radius 1 is 1.24 bits per heavy atom. The second kappa shape index (κ2) is 9.15. The van der Waals surface area contributed by atoms with Crippen LogP contribution in [0.1, 0.15) is 31.9 Å². The van der Waals surface area contributed by atoms with Gasteiger partial charge in [-0.1, -0.05) is 12.1 Å². The summed E-state index contributed by atoms with van der Waals surface area (Å²) in [5.74, 6) is -1.01. The number of aliphatic hydroxyl groups is 1. The van der Waals surface area contributed by atoms with Crippen LogP contribution in [0.25, 0.3) is 5.57 Å². The van der Waals surface area contributed by atoms with Crippen molar-refractivity contribution in [3.63, 3.8) is 0 Å². The van der Waals surface area contributed by atoms with Gasteiger partial charge in [-0.3, -0.25) is 4.79 Å². The van der Waals surface area contributed by atoms with Crippen molar-refractivity contribution >= 4 is 11.4 Å². The molecule has 0 fully saturated rings. The number of aliphatic hydroxyl groups excluding tert-OH is 1. The summed E-state index contributed by atoms with van der Waals surface area (Å²) in [5.41, 5.74) is -0.733. The van der Waals surface area contributed by atoms with Crippen LogP contribution in [0.2, 0.25) is 0 Å². The van der Waals surface area contributed by atoms with Gasteiger partial charge in [0, 0.05) is 24.9 Å². The molecule has 25 heavy (non-hydrogen) atoms. The van der Waals surface area contributed by atoms with Crippen molar-refractivity contribution in [2.24, 2.45) is 0 Å². The topological polar surface area (TPSA) is 49.8 Å². The molecule has 1 aromatic carbocycles. The number of carbonyl (C=O) groups excluding carboxylic acids is 1. The molecule has 138 valence electrons. The number of hydrogen-bond acceptors (Lipinski definition) is 4. The van der Waals surface area contributed by atoms with Crippen LogP contribution in [0.3, 0.4) is 0 Å². The van der Waals surface area contributed by atoms with E-state index in [-0.39, 0.29) is 23.5 Å². The number of benzene rings is 1. The first-order valence-corrected chi connectivity index (χ1v) is 7.93. The second-order valence-electron chi connectivity index (χ2n) is 5.10. The molecule has 0 amide bonds. The quantitative estimate of drug-likeness (QED) is 0.554. The third-order valence-corrected chi connectivity index (χ3v) is 3.51. The van der Waals surface area contributed by atoms with Gasteiger partial charge in [-0.25, -0.2) is 0 Å². The zero-order valence-electron chi connectivity index (χ0n) is 14.4. The van der Waals surface area contributed by atoms with Crippen LogP contribution in [-0.2, 0) is 15.7 Å². The van der Waals surface area contributed by atoms with Crippen LogP contribution in [0, 0.1) is 0 Å². The average Bonchev–Trinajstić information content (AvgIpc) is 2.59. The largest absolute Gasteiger partial charge is 0.512 e. The molecule has 0 radical (unpaired) electrons. The monoisotopic (exact) mass is 357 g/mol. The highest BCUT2D eigenvalue weighted by atomic mass is 19.4. The molecule has 0 unspecified atom stereocenters. The number of ketones is 1. The molecule has 0 atom stereocenters. The van der Waals surface area contributed by atoms with Gasteiger partial charge in [-0.05, 0) is 38.5 Å². The van der Waals surface area contributed by atoms with E-state index in [4.69, 9.17) is 4.74 Å². The molecule has 1 rings (SSSR count). The number of carbonyl (C=O) groups is 1. The molecule has 7 heteroatoms. The molecule has 0 saturated heterocycles. The average molecular weight is 357 g/mol. The predicted molar refractivity (Wildman–Crippen MR) is 89.7 cm³/mol. The van der Waals surface area contributed by atoms with E-state index in [9.17, 15) is 23.1 Å². The first kappa shape index (κ1) is 20.6. The van der Waals surface area contributed by atoms with Gasteiger partial charge >= 0.3 is 6.18 Å². The molecule has 1 aromatic rings. The van der Waals surface area contributed by atoms with Crippen LogP contribution in [0.15, 0.2) is 42.5 Å². The zero-order chi connectivity index (χ0) is 19.0. The van der Waals surface area contributed by atoms with Gasteiger partial charge in [0.2, 0.25) is 11.5 Å². The second-order valence-corrected chi connectivity index (χ2v) is 5.10. The molecule has 4 nitrogen and oxygen atoms in total.